The molecule has 0 spiro atoms. The average molecular weight is 515 g/mol. The fourth-order valence-corrected chi connectivity index (χ4v) is 4.49. The summed E-state index contributed by atoms with van der Waals surface area (Å²) in [5.41, 5.74) is 1.43. The fraction of sp³-hybridized carbons (Fsp3) is 0.136. The summed E-state index contributed by atoms with van der Waals surface area (Å²) in [5.74, 6) is -2.22. The fourth-order valence-electron chi connectivity index (χ4n) is 3.76. The Morgan fingerprint density at radius 2 is 1.82 bits per heavy atom. The molecule has 3 aromatic carbocycles. The lowest BCUT2D eigenvalue weighted by atomic mass is 9.96. The van der Waals surface area contributed by atoms with Gasteiger partial charge in [0.1, 0.15) is 11.6 Å². The summed E-state index contributed by atoms with van der Waals surface area (Å²) < 4.78 is 79.0. The van der Waals surface area contributed by atoms with Crippen LogP contribution in [0.1, 0.15) is 39.2 Å². The molecule has 0 saturated carbocycles. The van der Waals surface area contributed by atoms with Crippen molar-refractivity contribution < 1.29 is 31.4 Å². The second-order valence-electron chi connectivity index (χ2n) is 7.32. The summed E-state index contributed by atoms with van der Waals surface area (Å²) in [6, 6.07) is 9.32. The predicted molar refractivity (Wildman–Crippen MR) is 116 cm³/mol. The van der Waals surface area contributed by atoms with Gasteiger partial charge in [-0.05, 0) is 48.0 Å². The second kappa shape index (κ2) is 9.34. The maximum atomic E-state index is 14.0. The molecule has 0 saturated heterocycles. The molecular weight excluding hydrogens is 501 g/mol. The lowest BCUT2D eigenvalue weighted by Gasteiger charge is -2.16. The lowest BCUT2D eigenvalue weighted by Crippen LogP contribution is -2.21. The zero-order chi connectivity index (χ0) is 24.6. The van der Waals surface area contributed by atoms with Gasteiger partial charge in [-0.25, -0.2) is 19.1 Å². The highest BCUT2D eigenvalue weighted by Gasteiger charge is 2.42. The van der Waals surface area contributed by atoms with Crippen LogP contribution in [0.3, 0.4) is 0 Å². The number of nitrogens with one attached hydrogen (secondary N) is 2. The number of hydrogen-bond acceptors (Lipinski definition) is 4. The van der Waals surface area contributed by atoms with Crippen molar-refractivity contribution in [1.29, 1.82) is 0 Å². The van der Waals surface area contributed by atoms with Crippen molar-refractivity contribution in [1.82, 2.24) is 10.8 Å². The number of nitrogens with zero attached hydrogens (tertiary/aromatic N) is 1. The van der Waals surface area contributed by atoms with E-state index in [1.165, 1.54) is 24.3 Å². The van der Waals surface area contributed by atoms with E-state index in [0.29, 0.717) is 28.8 Å². The van der Waals surface area contributed by atoms with Crippen molar-refractivity contribution in [3.05, 3.63) is 99.1 Å². The van der Waals surface area contributed by atoms with Crippen LogP contribution in [-0.2, 0) is 22.1 Å². The predicted octanol–water partition coefficient (Wildman–Crippen LogP) is 5.81. The Hall–Kier alpha value is -2.99. The highest BCUT2D eigenvalue weighted by molar-refractivity contribution is 7.65. The van der Waals surface area contributed by atoms with Gasteiger partial charge in [0, 0.05) is 25.9 Å². The quantitative estimate of drug-likeness (QED) is 0.135. The topological polar surface area (TPSA) is 73.7 Å². The van der Waals surface area contributed by atoms with Crippen LogP contribution < -0.4 is 10.8 Å². The zero-order valence-electron chi connectivity index (χ0n) is 16.8. The van der Waals surface area contributed by atoms with Crippen LogP contribution in [-0.4, -0.2) is 11.0 Å². The number of alkyl halides is 3. The summed E-state index contributed by atoms with van der Waals surface area (Å²) in [7, 11) is 0. The standard InChI is InChI=1S/C22H14ClF5N3O2S/c23-16-5-4-12(24)9-15(16)19-18-14(21(30-19)34-33)2-1-3-17(18)29-20(31-32)10-6-11(22(26,27)28)8-13(25)7-10/h1-9,19,21,30,32H,(H,29,31)/q+1. The first-order valence-corrected chi connectivity index (χ1v) is 10.8. The van der Waals surface area contributed by atoms with Gasteiger partial charge in [0.2, 0.25) is 0 Å². The minimum atomic E-state index is -4.83. The van der Waals surface area contributed by atoms with E-state index in [1.54, 1.807) is 17.6 Å². The second-order valence-corrected chi connectivity index (χ2v) is 8.39. The van der Waals surface area contributed by atoms with E-state index in [1.807, 2.05) is 0 Å². The zero-order valence-corrected chi connectivity index (χ0v) is 18.4. The van der Waals surface area contributed by atoms with Gasteiger partial charge in [0.05, 0.1) is 17.3 Å². The number of aliphatic imine (C=N–C) groups is 1. The van der Waals surface area contributed by atoms with Gasteiger partial charge in [0.15, 0.2) is 5.84 Å². The van der Waals surface area contributed by atoms with Crippen LogP contribution in [0.15, 0.2) is 59.6 Å². The molecular formula is C22H14ClF5N3O2S+. The molecule has 34 heavy (non-hydrogen) atoms. The Morgan fingerprint density at radius 1 is 1.06 bits per heavy atom. The van der Waals surface area contributed by atoms with Gasteiger partial charge in [-0.3, -0.25) is 10.7 Å². The molecule has 4 rings (SSSR count). The first-order valence-electron chi connectivity index (χ1n) is 9.61. The number of halogens is 6. The Kier molecular flexibility index (Phi) is 6.63. The van der Waals surface area contributed by atoms with Gasteiger partial charge in [-0.2, -0.15) is 13.2 Å². The first kappa shape index (κ1) is 24.1. The number of hydrogen-bond donors (Lipinski definition) is 3. The molecule has 0 aromatic heterocycles. The molecule has 0 radical (unpaired) electrons. The van der Waals surface area contributed by atoms with Gasteiger partial charge < -0.3 is 0 Å². The Balaban J connectivity index is 1.89. The normalized spacial score (nSPS) is 18.0. The van der Waals surface area contributed by atoms with Crippen LogP contribution in [0.2, 0.25) is 5.02 Å². The maximum Gasteiger partial charge on any atom is 0.484 e. The van der Waals surface area contributed by atoms with Crippen molar-refractivity contribution in [3.63, 3.8) is 0 Å². The minimum Gasteiger partial charge on any atom is -0.290 e. The van der Waals surface area contributed by atoms with E-state index in [0.717, 1.165) is 6.07 Å². The van der Waals surface area contributed by atoms with Crippen LogP contribution in [0, 0.1) is 11.6 Å². The number of hydroxylamine groups is 1. The van der Waals surface area contributed by atoms with E-state index in [-0.39, 0.29) is 27.9 Å². The summed E-state index contributed by atoms with van der Waals surface area (Å²) in [4.78, 5) is 4.21. The van der Waals surface area contributed by atoms with Crippen LogP contribution in [0.25, 0.3) is 0 Å². The Labute approximate surface area is 198 Å². The third kappa shape index (κ3) is 4.64. The van der Waals surface area contributed by atoms with Crippen LogP contribution in [0.4, 0.5) is 27.6 Å². The summed E-state index contributed by atoms with van der Waals surface area (Å²) in [6.45, 7) is 0. The number of benzene rings is 3. The molecule has 2 atom stereocenters. The third-order valence-electron chi connectivity index (χ3n) is 5.21. The van der Waals surface area contributed by atoms with Crippen molar-refractivity contribution >= 4 is 34.8 Å². The first-order chi connectivity index (χ1) is 16.1. The molecule has 0 fully saturated rings. The number of fused-ring (bicyclic) bond motifs is 1. The highest BCUT2D eigenvalue weighted by atomic mass is 35.5. The molecule has 3 aromatic rings. The average Bonchev–Trinajstić information content (AvgIpc) is 3.17. The minimum absolute atomic E-state index is 0.140. The molecule has 1 aliphatic rings. The van der Waals surface area contributed by atoms with E-state index >= 15 is 0 Å². The lowest BCUT2D eigenvalue weighted by molar-refractivity contribution is -0.137. The largest absolute Gasteiger partial charge is 0.484 e. The molecule has 12 heteroatoms. The molecule has 0 aliphatic carbocycles. The Bertz CT molecular complexity index is 1300. The smallest absolute Gasteiger partial charge is 0.290 e. The summed E-state index contributed by atoms with van der Waals surface area (Å²) in [5, 5.41) is 12.1. The molecule has 3 N–H and O–H groups in total. The van der Waals surface area contributed by atoms with E-state index in [4.69, 9.17) is 11.6 Å². The summed E-state index contributed by atoms with van der Waals surface area (Å²) in [6.07, 6.45) is -4.83. The molecule has 176 valence electrons. The number of amidine groups is 1. The molecule has 5 nitrogen and oxygen atoms in total. The third-order valence-corrected chi connectivity index (χ3v) is 6.13. The monoisotopic (exact) mass is 514 g/mol. The maximum absolute atomic E-state index is 14.0. The van der Waals surface area contributed by atoms with Crippen LogP contribution >= 0.6 is 11.6 Å². The summed E-state index contributed by atoms with van der Waals surface area (Å²) >= 11 is 6.50. The van der Waals surface area contributed by atoms with Crippen molar-refractivity contribution in [3.8, 4) is 0 Å². The van der Waals surface area contributed by atoms with Gasteiger partial charge in [0.25, 0.3) is 0 Å². The van der Waals surface area contributed by atoms with Gasteiger partial charge >= 0.3 is 23.2 Å². The van der Waals surface area contributed by atoms with Gasteiger partial charge in [-0.15, -0.1) is 0 Å². The van der Waals surface area contributed by atoms with E-state index in [2.05, 4.69) is 10.3 Å². The van der Waals surface area contributed by atoms with Crippen molar-refractivity contribution in [2.75, 3.05) is 0 Å². The SMILES string of the molecule is O=[S+]C1NC(c2cc(F)ccc2Cl)c2c(N=C(NO)c3cc(F)cc(C(F)(F)F)c3)cccc21. The Morgan fingerprint density at radius 3 is 2.50 bits per heavy atom. The van der Waals surface area contributed by atoms with Crippen molar-refractivity contribution in [2.45, 2.75) is 17.6 Å². The highest BCUT2D eigenvalue weighted by Crippen LogP contribution is 2.44. The van der Waals surface area contributed by atoms with E-state index in [9.17, 15) is 31.4 Å². The molecule has 1 aliphatic heterocycles. The van der Waals surface area contributed by atoms with Gasteiger partial charge in [-0.1, -0.05) is 23.7 Å². The molecule has 0 bridgehead atoms. The molecule has 0 amide bonds. The van der Waals surface area contributed by atoms with Crippen molar-refractivity contribution in [2.24, 2.45) is 4.99 Å². The van der Waals surface area contributed by atoms with Crippen LogP contribution in [0.5, 0.6) is 0 Å². The van der Waals surface area contributed by atoms with E-state index < -0.39 is 40.6 Å². The number of rotatable bonds is 4. The molecule has 2 unspecified atom stereocenters. The molecule has 1 heterocycles.